The van der Waals surface area contributed by atoms with Gasteiger partial charge in [-0.3, -0.25) is 4.79 Å². The number of carbonyl (C=O) groups is 1. The van der Waals surface area contributed by atoms with Crippen molar-refractivity contribution in [2.45, 2.75) is 51.0 Å². The van der Waals surface area contributed by atoms with Gasteiger partial charge in [0.15, 0.2) is 0 Å². The second kappa shape index (κ2) is 7.56. The molecule has 2 N–H and O–H groups in total. The van der Waals surface area contributed by atoms with Crippen LogP contribution < -0.4 is 10.1 Å². The third-order valence-electron chi connectivity index (χ3n) is 7.23. The zero-order chi connectivity index (χ0) is 20.8. The SMILES string of the molecule is CC[C@@]12CC[C@@H](c3ccc(OC)cc3Cl)[C@H](c3ccc(O)cc3)[C@@H]1[C@@H](C)NC2=O. The first-order chi connectivity index (χ1) is 13.9. The number of phenols is 1. The van der Waals surface area contributed by atoms with E-state index in [1.165, 1.54) is 0 Å². The van der Waals surface area contributed by atoms with E-state index in [0.29, 0.717) is 5.02 Å². The maximum Gasteiger partial charge on any atom is 0.226 e. The number of halogens is 1. The van der Waals surface area contributed by atoms with Crippen molar-refractivity contribution in [2.75, 3.05) is 7.11 Å². The summed E-state index contributed by atoms with van der Waals surface area (Å²) in [5.41, 5.74) is 1.89. The smallest absolute Gasteiger partial charge is 0.226 e. The molecule has 5 atom stereocenters. The summed E-state index contributed by atoms with van der Waals surface area (Å²) in [6.07, 6.45) is 2.57. The van der Waals surface area contributed by atoms with Crippen LogP contribution in [0.2, 0.25) is 5.02 Å². The van der Waals surface area contributed by atoms with Gasteiger partial charge in [0, 0.05) is 17.0 Å². The van der Waals surface area contributed by atoms with Crippen LogP contribution >= 0.6 is 11.6 Å². The molecular weight excluding hydrogens is 386 g/mol. The minimum absolute atomic E-state index is 0.0843. The molecule has 1 aliphatic carbocycles. The molecule has 4 nitrogen and oxygen atoms in total. The number of benzene rings is 2. The van der Waals surface area contributed by atoms with E-state index in [0.717, 1.165) is 36.1 Å². The van der Waals surface area contributed by atoms with Gasteiger partial charge in [-0.25, -0.2) is 0 Å². The van der Waals surface area contributed by atoms with Gasteiger partial charge in [0.05, 0.1) is 12.5 Å². The number of rotatable bonds is 4. The zero-order valence-corrected chi connectivity index (χ0v) is 17.9. The third kappa shape index (κ3) is 3.18. The van der Waals surface area contributed by atoms with Crippen molar-refractivity contribution in [2.24, 2.45) is 11.3 Å². The molecule has 154 valence electrons. The Balaban J connectivity index is 1.85. The minimum Gasteiger partial charge on any atom is -0.508 e. The molecule has 2 aromatic carbocycles. The van der Waals surface area contributed by atoms with Gasteiger partial charge in [-0.1, -0.05) is 36.7 Å². The number of amides is 1. The van der Waals surface area contributed by atoms with Crippen LogP contribution in [-0.2, 0) is 4.79 Å². The van der Waals surface area contributed by atoms with E-state index in [1.807, 2.05) is 24.3 Å². The quantitative estimate of drug-likeness (QED) is 0.719. The van der Waals surface area contributed by atoms with Crippen LogP contribution in [0, 0.1) is 11.3 Å². The average Bonchev–Trinajstić information content (AvgIpc) is 2.98. The number of phenolic OH excluding ortho intramolecular Hbond substituents is 1. The van der Waals surface area contributed by atoms with Gasteiger partial charge in [0.1, 0.15) is 11.5 Å². The second-order valence-corrected chi connectivity index (χ2v) is 8.85. The Morgan fingerprint density at radius 2 is 1.97 bits per heavy atom. The van der Waals surface area contributed by atoms with E-state index in [1.54, 1.807) is 19.2 Å². The van der Waals surface area contributed by atoms with Crippen molar-refractivity contribution in [3.8, 4) is 11.5 Å². The molecule has 0 aromatic heterocycles. The predicted molar refractivity (Wildman–Crippen MR) is 115 cm³/mol. The fourth-order valence-corrected chi connectivity index (χ4v) is 6.15. The molecule has 2 aliphatic rings. The Hall–Kier alpha value is -2.20. The summed E-state index contributed by atoms with van der Waals surface area (Å²) in [5.74, 6) is 1.66. The number of hydrogen-bond acceptors (Lipinski definition) is 3. The summed E-state index contributed by atoms with van der Waals surface area (Å²) < 4.78 is 5.33. The number of carbonyl (C=O) groups excluding carboxylic acids is 1. The predicted octanol–water partition coefficient (Wildman–Crippen LogP) is 5.25. The molecule has 1 amide bonds. The monoisotopic (exact) mass is 413 g/mol. The lowest BCUT2D eigenvalue weighted by Gasteiger charge is -2.47. The van der Waals surface area contributed by atoms with Crippen molar-refractivity contribution in [1.29, 1.82) is 0 Å². The molecule has 1 heterocycles. The average molecular weight is 414 g/mol. The number of methoxy groups -OCH3 is 1. The molecule has 1 saturated heterocycles. The summed E-state index contributed by atoms with van der Waals surface area (Å²) in [5, 5.41) is 13.7. The Morgan fingerprint density at radius 1 is 1.24 bits per heavy atom. The van der Waals surface area contributed by atoms with Crippen molar-refractivity contribution in [1.82, 2.24) is 5.32 Å². The molecule has 5 heteroatoms. The van der Waals surface area contributed by atoms with E-state index in [4.69, 9.17) is 16.3 Å². The van der Waals surface area contributed by atoms with Crippen LogP contribution in [0.5, 0.6) is 11.5 Å². The largest absolute Gasteiger partial charge is 0.508 e. The number of ether oxygens (including phenoxy) is 1. The number of aromatic hydroxyl groups is 1. The number of fused-ring (bicyclic) bond motifs is 1. The van der Waals surface area contributed by atoms with Crippen molar-refractivity contribution in [3.05, 3.63) is 58.6 Å². The molecular formula is C24H28ClNO3. The van der Waals surface area contributed by atoms with Gasteiger partial charge in [0.2, 0.25) is 5.91 Å². The summed E-state index contributed by atoms with van der Waals surface area (Å²) in [4.78, 5) is 13.0. The van der Waals surface area contributed by atoms with Crippen LogP contribution in [0.3, 0.4) is 0 Å². The first-order valence-corrected chi connectivity index (χ1v) is 10.7. The van der Waals surface area contributed by atoms with Gasteiger partial charge >= 0.3 is 0 Å². The molecule has 0 spiro atoms. The maximum absolute atomic E-state index is 13.0. The molecule has 1 aliphatic heterocycles. The van der Waals surface area contributed by atoms with Gasteiger partial charge in [0.25, 0.3) is 0 Å². The Bertz CT molecular complexity index is 913. The van der Waals surface area contributed by atoms with Crippen molar-refractivity contribution in [3.63, 3.8) is 0 Å². The summed E-state index contributed by atoms with van der Waals surface area (Å²) in [6, 6.07) is 13.4. The van der Waals surface area contributed by atoms with Gasteiger partial charge in [-0.05, 0) is 73.4 Å². The summed E-state index contributed by atoms with van der Waals surface area (Å²) >= 11 is 6.69. The van der Waals surface area contributed by atoms with Crippen LogP contribution in [0.1, 0.15) is 56.1 Å². The maximum atomic E-state index is 13.0. The topological polar surface area (TPSA) is 58.6 Å². The normalized spacial score (nSPS) is 31.2. The minimum atomic E-state index is -0.350. The van der Waals surface area contributed by atoms with Crippen LogP contribution in [-0.4, -0.2) is 24.2 Å². The summed E-state index contributed by atoms with van der Waals surface area (Å²) in [7, 11) is 1.64. The molecule has 29 heavy (non-hydrogen) atoms. The fraction of sp³-hybridized carbons (Fsp3) is 0.458. The fourth-order valence-electron chi connectivity index (χ4n) is 5.84. The number of nitrogens with one attached hydrogen (secondary N) is 1. The molecule has 0 radical (unpaired) electrons. The highest BCUT2D eigenvalue weighted by Crippen LogP contribution is 2.60. The van der Waals surface area contributed by atoms with Crippen LogP contribution in [0.4, 0.5) is 0 Å². The lowest BCUT2D eigenvalue weighted by atomic mass is 9.54. The lowest BCUT2D eigenvalue weighted by molar-refractivity contribution is -0.131. The van der Waals surface area contributed by atoms with Gasteiger partial charge in [-0.15, -0.1) is 0 Å². The Kier molecular flexibility index (Phi) is 5.24. The summed E-state index contributed by atoms with van der Waals surface area (Å²) in [6.45, 7) is 4.24. The van der Waals surface area contributed by atoms with Crippen LogP contribution in [0.15, 0.2) is 42.5 Å². The molecule has 4 rings (SSSR count). The van der Waals surface area contributed by atoms with Gasteiger partial charge < -0.3 is 15.2 Å². The zero-order valence-electron chi connectivity index (χ0n) is 17.1. The highest BCUT2D eigenvalue weighted by molar-refractivity contribution is 6.31. The Morgan fingerprint density at radius 3 is 2.59 bits per heavy atom. The lowest BCUT2D eigenvalue weighted by Crippen LogP contribution is -2.43. The molecule has 0 unspecified atom stereocenters. The third-order valence-corrected chi connectivity index (χ3v) is 7.55. The standard InChI is InChI=1S/C24H28ClNO3/c1-4-24-12-11-19(18-10-9-17(29-3)13-20(18)25)21(15-5-7-16(27)8-6-15)22(24)14(2)26-23(24)28/h5-10,13-14,19,21-22,27H,4,11-12H2,1-3H3,(H,26,28)/t14-,19+,21+,22+,24-/m1/s1. The highest BCUT2D eigenvalue weighted by Gasteiger charge is 2.59. The molecule has 2 fully saturated rings. The first kappa shape index (κ1) is 20.1. The van der Waals surface area contributed by atoms with Crippen molar-refractivity contribution < 1.29 is 14.6 Å². The molecule has 2 aromatic rings. The van der Waals surface area contributed by atoms with E-state index >= 15 is 0 Å². The second-order valence-electron chi connectivity index (χ2n) is 8.45. The first-order valence-electron chi connectivity index (χ1n) is 10.3. The van der Waals surface area contributed by atoms with E-state index < -0.39 is 0 Å². The van der Waals surface area contributed by atoms with Gasteiger partial charge in [-0.2, -0.15) is 0 Å². The molecule has 0 bridgehead atoms. The van der Waals surface area contributed by atoms with E-state index in [-0.39, 0.29) is 40.9 Å². The van der Waals surface area contributed by atoms with E-state index in [9.17, 15) is 9.90 Å². The van der Waals surface area contributed by atoms with Crippen LogP contribution in [0.25, 0.3) is 0 Å². The molecule has 1 saturated carbocycles. The Labute approximate surface area is 177 Å². The number of hydrogen-bond donors (Lipinski definition) is 2. The van der Waals surface area contributed by atoms with E-state index in [2.05, 4.69) is 25.2 Å². The van der Waals surface area contributed by atoms with Crippen molar-refractivity contribution >= 4 is 17.5 Å². The highest BCUT2D eigenvalue weighted by atomic mass is 35.5.